The number of hydrogen-bond acceptors (Lipinski definition) is 3. The number of allylic oxidation sites excluding steroid dienone is 2. The molecule has 0 saturated carbocycles. The molecule has 0 aromatic heterocycles. The molecule has 0 unspecified atom stereocenters. The first-order valence-electron chi connectivity index (χ1n) is 6.81. The maximum Gasteiger partial charge on any atom is 0.0397 e. The lowest BCUT2D eigenvalue weighted by atomic mass is 9.94. The number of nitrogens with one attached hydrogen (secondary N) is 2. The van der Waals surface area contributed by atoms with Crippen molar-refractivity contribution in [3.63, 3.8) is 0 Å². The van der Waals surface area contributed by atoms with E-state index in [1.165, 1.54) is 29.7 Å². The van der Waals surface area contributed by atoms with Gasteiger partial charge in [-0.3, -0.25) is 0 Å². The normalized spacial score (nSPS) is 15.3. The van der Waals surface area contributed by atoms with Crippen molar-refractivity contribution in [2.75, 3.05) is 7.05 Å². The molecule has 0 aliphatic heterocycles. The van der Waals surface area contributed by atoms with Gasteiger partial charge in [-0.2, -0.15) is 0 Å². The van der Waals surface area contributed by atoms with Gasteiger partial charge in [-0.25, -0.2) is 0 Å². The number of rotatable bonds is 5. The Kier molecular flexibility index (Phi) is 4.97. The largest absolute Gasteiger partial charge is 0.388 e. The quantitative estimate of drug-likeness (QED) is 0.714. The first kappa shape index (κ1) is 14.1. The first-order chi connectivity index (χ1) is 9.20. The summed E-state index contributed by atoms with van der Waals surface area (Å²) >= 11 is 4.31. The van der Waals surface area contributed by atoms with Crippen LogP contribution in [-0.2, 0) is 6.54 Å². The Hall–Kier alpha value is -1.35. The van der Waals surface area contributed by atoms with Crippen LogP contribution < -0.4 is 10.6 Å². The van der Waals surface area contributed by atoms with Crippen molar-refractivity contribution >= 4 is 12.6 Å². The van der Waals surface area contributed by atoms with E-state index in [0.29, 0.717) is 0 Å². The summed E-state index contributed by atoms with van der Waals surface area (Å²) in [6.45, 7) is 4.96. The molecular formula is C16H22N2S. The molecule has 2 N–H and O–H groups in total. The van der Waals surface area contributed by atoms with E-state index in [1.54, 1.807) is 0 Å². The number of hydrogen-bond donors (Lipinski definition) is 3. The fourth-order valence-electron chi connectivity index (χ4n) is 2.41. The van der Waals surface area contributed by atoms with Crippen molar-refractivity contribution in [1.82, 2.24) is 10.6 Å². The van der Waals surface area contributed by atoms with E-state index in [2.05, 4.69) is 42.0 Å². The van der Waals surface area contributed by atoms with Gasteiger partial charge in [0.25, 0.3) is 0 Å². The second kappa shape index (κ2) is 6.71. The molecule has 0 radical (unpaired) electrons. The predicted octanol–water partition coefficient (Wildman–Crippen LogP) is 3.63. The van der Waals surface area contributed by atoms with E-state index in [1.807, 2.05) is 19.2 Å². The van der Waals surface area contributed by atoms with E-state index in [9.17, 15) is 0 Å². The minimum Gasteiger partial charge on any atom is -0.388 e. The van der Waals surface area contributed by atoms with Gasteiger partial charge in [-0.1, -0.05) is 18.7 Å². The van der Waals surface area contributed by atoms with Crippen molar-refractivity contribution in [2.45, 2.75) is 37.1 Å². The molecule has 1 aromatic carbocycles. The summed E-state index contributed by atoms with van der Waals surface area (Å²) in [6.07, 6.45) is 4.77. The highest BCUT2D eigenvalue weighted by Crippen LogP contribution is 2.26. The molecule has 3 heteroatoms. The maximum absolute atomic E-state index is 4.31. The van der Waals surface area contributed by atoms with E-state index in [-0.39, 0.29) is 0 Å². The van der Waals surface area contributed by atoms with Crippen LogP contribution in [0.5, 0.6) is 0 Å². The molecule has 2 rings (SSSR count). The summed E-state index contributed by atoms with van der Waals surface area (Å²) in [5, 5.41) is 6.74. The predicted molar refractivity (Wildman–Crippen MR) is 84.2 cm³/mol. The summed E-state index contributed by atoms with van der Waals surface area (Å²) in [5.41, 5.74) is 5.04. The molecule has 102 valence electrons. The van der Waals surface area contributed by atoms with E-state index >= 15 is 0 Å². The lowest BCUT2D eigenvalue weighted by Crippen LogP contribution is -2.21. The highest BCUT2D eigenvalue weighted by atomic mass is 32.1. The highest BCUT2D eigenvalue weighted by Gasteiger charge is 2.14. The lowest BCUT2D eigenvalue weighted by molar-refractivity contribution is 0.613. The number of thiol groups is 1. The van der Waals surface area contributed by atoms with Crippen LogP contribution in [0.15, 0.2) is 52.7 Å². The van der Waals surface area contributed by atoms with Crippen molar-refractivity contribution < 1.29 is 0 Å². The molecule has 0 bridgehead atoms. The molecule has 1 aliphatic rings. The Balaban J connectivity index is 2.05. The third kappa shape index (κ3) is 3.80. The Bertz CT molecular complexity index is 474. The Labute approximate surface area is 121 Å². The number of likely N-dealkylation sites (N-methyl/N-ethyl adjacent to an activating group) is 1. The zero-order valence-electron chi connectivity index (χ0n) is 11.5. The van der Waals surface area contributed by atoms with Gasteiger partial charge < -0.3 is 10.6 Å². The zero-order chi connectivity index (χ0) is 13.7. The van der Waals surface area contributed by atoms with Crippen LogP contribution in [0.2, 0.25) is 0 Å². The molecule has 19 heavy (non-hydrogen) atoms. The smallest absolute Gasteiger partial charge is 0.0397 e. The van der Waals surface area contributed by atoms with Crippen LogP contribution in [0.25, 0.3) is 0 Å². The lowest BCUT2D eigenvalue weighted by Gasteiger charge is -2.23. The zero-order valence-corrected chi connectivity index (χ0v) is 12.4. The van der Waals surface area contributed by atoms with Gasteiger partial charge in [0.1, 0.15) is 0 Å². The van der Waals surface area contributed by atoms with Crippen LogP contribution >= 0.6 is 12.6 Å². The Morgan fingerprint density at radius 1 is 1.21 bits per heavy atom. The van der Waals surface area contributed by atoms with Crippen LogP contribution in [0, 0.1) is 0 Å². The molecule has 0 amide bonds. The monoisotopic (exact) mass is 274 g/mol. The van der Waals surface area contributed by atoms with Crippen molar-refractivity contribution in [3.05, 3.63) is 53.4 Å². The molecule has 2 nitrogen and oxygen atoms in total. The fourth-order valence-corrected chi connectivity index (χ4v) is 2.56. The fraction of sp³-hybridized carbons (Fsp3) is 0.375. The minimum absolute atomic E-state index is 0.865. The van der Waals surface area contributed by atoms with E-state index in [0.717, 1.165) is 30.0 Å². The van der Waals surface area contributed by atoms with Crippen molar-refractivity contribution in [3.8, 4) is 0 Å². The molecule has 0 heterocycles. The van der Waals surface area contributed by atoms with E-state index in [4.69, 9.17) is 0 Å². The van der Waals surface area contributed by atoms with Crippen LogP contribution in [0.1, 0.15) is 31.2 Å². The molecule has 0 atom stereocenters. The van der Waals surface area contributed by atoms with Crippen LogP contribution in [-0.4, -0.2) is 7.05 Å². The summed E-state index contributed by atoms with van der Waals surface area (Å²) in [4.78, 5) is 1.00. The van der Waals surface area contributed by atoms with Gasteiger partial charge in [-0.05, 0) is 49.0 Å². The molecule has 0 fully saturated rings. The molecule has 0 saturated heterocycles. The SMILES string of the molecule is C=C(NC)C1=C(NCc2ccc(S)cc2)CCCC1. The molecule has 1 aliphatic carbocycles. The average Bonchev–Trinajstić information content (AvgIpc) is 2.46. The third-order valence-electron chi connectivity index (χ3n) is 3.58. The summed E-state index contributed by atoms with van der Waals surface area (Å²) in [5.74, 6) is 0. The Morgan fingerprint density at radius 3 is 2.58 bits per heavy atom. The van der Waals surface area contributed by atoms with Crippen LogP contribution in [0.4, 0.5) is 0 Å². The average molecular weight is 274 g/mol. The number of benzene rings is 1. The minimum atomic E-state index is 0.865. The molecule has 0 spiro atoms. The van der Waals surface area contributed by atoms with Gasteiger partial charge in [0.15, 0.2) is 0 Å². The molecular weight excluding hydrogens is 252 g/mol. The van der Waals surface area contributed by atoms with Crippen molar-refractivity contribution in [2.24, 2.45) is 0 Å². The van der Waals surface area contributed by atoms with Crippen molar-refractivity contribution in [1.29, 1.82) is 0 Å². The second-order valence-corrected chi connectivity index (χ2v) is 5.43. The van der Waals surface area contributed by atoms with E-state index < -0.39 is 0 Å². The summed E-state index contributed by atoms with van der Waals surface area (Å²) < 4.78 is 0. The topological polar surface area (TPSA) is 24.1 Å². The highest BCUT2D eigenvalue weighted by molar-refractivity contribution is 7.80. The van der Waals surface area contributed by atoms with Gasteiger partial charge in [0.2, 0.25) is 0 Å². The van der Waals surface area contributed by atoms with Gasteiger partial charge in [-0.15, -0.1) is 12.6 Å². The third-order valence-corrected chi connectivity index (χ3v) is 3.87. The first-order valence-corrected chi connectivity index (χ1v) is 7.26. The maximum atomic E-state index is 4.31. The molecule has 1 aromatic rings. The second-order valence-electron chi connectivity index (χ2n) is 4.91. The van der Waals surface area contributed by atoms with Crippen LogP contribution in [0.3, 0.4) is 0 Å². The summed E-state index contributed by atoms with van der Waals surface area (Å²) in [6, 6.07) is 8.29. The Morgan fingerprint density at radius 2 is 1.89 bits per heavy atom. The van der Waals surface area contributed by atoms with Gasteiger partial charge >= 0.3 is 0 Å². The summed E-state index contributed by atoms with van der Waals surface area (Å²) in [7, 11) is 1.94. The standard InChI is InChI=1S/C16H22N2S/c1-12(17-2)15-5-3-4-6-16(15)18-11-13-7-9-14(19)10-8-13/h7-10,17-19H,1,3-6,11H2,2H3. The van der Waals surface area contributed by atoms with Gasteiger partial charge in [0, 0.05) is 29.9 Å². The van der Waals surface area contributed by atoms with Gasteiger partial charge in [0.05, 0.1) is 0 Å².